The molecular weight excluding hydrogens is 208 g/mol. The van der Waals surface area contributed by atoms with E-state index in [1.165, 1.54) is 0 Å². The lowest BCUT2D eigenvalue weighted by molar-refractivity contribution is -0.281. The molecule has 0 atom stereocenters. The number of ether oxygens (including phenoxy) is 2. The van der Waals surface area contributed by atoms with E-state index >= 15 is 0 Å². The third kappa shape index (κ3) is 2.47. The van der Waals surface area contributed by atoms with Crippen molar-refractivity contribution in [2.75, 3.05) is 32.8 Å². The van der Waals surface area contributed by atoms with E-state index in [1.54, 1.807) is 0 Å². The molecule has 2 amide bonds. The molecule has 5 nitrogen and oxygen atoms in total. The molecule has 92 valence electrons. The molecule has 0 aromatic heterocycles. The van der Waals surface area contributed by atoms with Crippen LogP contribution in [0.4, 0.5) is 4.79 Å². The molecule has 5 heteroatoms. The normalized spacial score (nSPS) is 24.4. The van der Waals surface area contributed by atoms with Crippen molar-refractivity contribution in [2.45, 2.75) is 32.0 Å². The van der Waals surface area contributed by atoms with Crippen LogP contribution in [0.2, 0.25) is 0 Å². The topological polar surface area (TPSA) is 50.8 Å². The quantitative estimate of drug-likeness (QED) is 0.727. The minimum atomic E-state index is -0.402. The molecule has 2 aliphatic rings. The number of likely N-dealkylation sites (tertiary alicyclic amines) is 1. The first-order valence-corrected chi connectivity index (χ1v) is 6.06. The van der Waals surface area contributed by atoms with E-state index in [9.17, 15) is 4.79 Å². The Bertz CT molecular complexity index is 242. The number of hydrogen-bond donors (Lipinski definition) is 1. The largest absolute Gasteiger partial charge is 0.350 e. The predicted molar refractivity (Wildman–Crippen MR) is 59.1 cm³/mol. The van der Waals surface area contributed by atoms with Crippen molar-refractivity contribution in [1.82, 2.24) is 10.2 Å². The molecule has 0 unspecified atom stereocenters. The minimum absolute atomic E-state index is 0.0214. The summed E-state index contributed by atoms with van der Waals surface area (Å²) in [5.41, 5.74) is 0. The van der Waals surface area contributed by atoms with Gasteiger partial charge in [0.05, 0.1) is 13.2 Å². The first kappa shape index (κ1) is 11.7. The maximum atomic E-state index is 11.6. The van der Waals surface area contributed by atoms with Crippen LogP contribution in [0.1, 0.15) is 26.2 Å². The fourth-order valence-electron chi connectivity index (χ4n) is 2.22. The Hall–Kier alpha value is -0.810. The maximum Gasteiger partial charge on any atom is 0.317 e. The van der Waals surface area contributed by atoms with Crippen LogP contribution in [0.5, 0.6) is 0 Å². The fourth-order valence-corrected chi connectivity index (χ4v) is 2.22. The summed E-state index contributed by atoms with van der Waals surface area (Å²) in [6, 6.07) is 0.0214. The standard InChI is InChI=1S/C11H20N2O3/c1-2-12-10(14)13-6-4-11(5-7-13)15-8-3-9-16-11/h2-9H2,1H3,(H,12,14). The zero-order chi connectivity index (χ0) is 11.4. The van der Waals surface area contributed by atoms with Crippen molar-refractivity contribution in [3.05, 3.63) is 0 Å². The van der Waals surface area contributed by atoms with Crippen LogP contribution in [-0.4, -0.2) is 49.6 Å². The zero-order valence-electron chi connectivity index (χ0n) is 9.83. The second-order valence-corrected chi connectivity index (χ2v) is 4.28. The first-order chi connectivity index (χ1) is 7.76. The van der Waals surface area contributed by atoms with Crippen molar-refractivity contribution in [2.24, 2.45) is 0 Å². The summed E-state index contributed by atoms with van der Waals surface area (Å²) in [6.45, 7) is 5.59. The second kappa shape index (κ2) is 5.01. The van der Waals surface area contributed by atoms with Crippen LogP contribution in [0, 0.1) is 0 Å². The number of hydrogen-bond acceptors (Lipinski definition) is 3. The second-order valence-electron chi connectivity index (χ2n) is 4.28. The molecule has 0 aliphatic carbocycles. The summed E-state index contributed by atoms with van der Waals surface area (Å²) in [5, 5.41) is 2.81. The Kier molecular flexibility index (Phi) is 3.66. The monoisotopic (exact) mass is 228 g/mol. The number of piperidine rings is 1. The minimum Gasteiger partial charge on any atom is -0.350 e. The average molecular weight is 228 g/mol. The van der Waals surface area contributed by atoms with Gasteiger partial charge in [-0.15, -0.1) is 0 Å². The maximum absolute atomic E-state index is 11.6. The Morgan fingerprint density at radius 1 is 1.31 bits per heavy atom. The highest BCUT2D eigenvalue weighted by Gasteiger charge is 2.39. The molecule has 0 radical (unpaired) electrons. The summed E-state index contributed by atoms with van der Waals surface area (Å²) >= 11 is 0. The number of rotatable bonds is 1. The van der Waals surface area contributed by atoms with Gasteiger partial charge in [0.15, 0.2) is 5.79 Å². The summed E-state index contributed by atoms with van der Waals surface area (Å²) in [5.74, 6) is -0.402. The van der Waals surface area contributed by atoms with Crippen molar-refractivity contribution in [3.63, 3.8) is 0 Å². The zero-order valence-corrected chi connectivity index (χ0v) is 9.83. The molecule has 1 spiro atoms. The SMILES string of the molecule is CCNC(=O)N1CCC2(CC1)OCCCO2. The van der Waals surface area contributed by atoms with E-state index in [1.807, 2.05) is 11.8 Å². The number of nitrogens with zero attached hydrogens (tertiary/aromatic N) is 1. The number of carbonyl (C=O) groups is 1. The van der Waals surface area contributed by atoms with Gasteiger partial charge in [-0.3, -0.25) is 0 Å². The van der Waals surface area contributed by atoms with Gasteiger partial charge >= 0.3 is 6.03 Å². The van der Waals surface area contributed by atoms with E-state index in [-0.39, 0.29) is 6.03 Å². The molecule has 0 saturated carbocycles. The fraction of sp³-hybridized carbons (Fsp3) is 0.909. The van der Waals surface area contributed by atoms with Crippen LogP contribution in [0.3, 0.4) is 0 Å². The molecule has 0 bridgehead atoms. The average Bonchev–Trinajstić information content (AvgIpc) is 2.31. The van der Waals surface area contributed by atoms with E-state index in [2.05, 4.69) is 5.32 Å². The van der Waals surface area contributed by atoms with Crippen LogP contribution in [-0.2, 0) is 9.47 Å². The van der Waals surface area contributed by atoms with Gasteiger partial charge in [-0.1, -0.05) is 0 Å². The van der Waals surface area contributed by atoms with Crippen molar-refractivity contribution in [3.8, 4) is 0 Å². The van der Waals surface area contributed by atoms with Gasteiger partial charge in [-0.2, -0.15) is 0 Å². The number of urea groups is 1. The van der Waals surface area contributed by atoms with E-state index in [0.29, 0.717) is 19.6 Å². The number of nitrogens with one attached hydrogen (secondary N) is 1. The Labute approximate surface area is 96.1 Å². The van der Waals surface area contributed by atoms with Crippen LogP contribution < -0.4 is 5.32 Å². The Balaban J connectivity index is 1.83. The smallest absolute Gasteiger partial charge is 0.317 e. The van der Waals surface area contributed by atoms with Gasteiger partial charge in [0.2, 0.25) is 0 Å². The van der Waals surface area contributed by atoms with E-state index < -0.39 is 5.79 Å². The summed E-state index contributed by atoms with van der Waals surface area (Å²) in [6.07, 6.45) is 2.54. The molecule has 2 heterocycles. The van der Waals surface area contributed by atoms with Gasteiger partial charge in [0.25, 0.3) is 0 Å². The van der Waals surface area contributed by atoms with E-state index in [4.69, 9.17) is 9.47 Å². The molecule has 0 aromatic carbocycles. The highest BCUT2D eigenvalue weighted by atomic mass is 16.7. The molecule has 2 fully saturated rings. The van der Waals surface area contributed by atoms with Crippen LogP contribution in [0.25, 0.3) is 0 Å². The summed E-state index contributed by atoms with van der Waals surface area (Å²) in [4.78, 5) is 13.4. The van der Waals surface area contributed by atoms with Gasteiger partial charge in [0.1, 0.15) is 0 Å². The summed E-state index contributed by atoms with van der Waals surface area (Å²) in [7, 11) is 0. The molecule has 2 rings (SSSR count). The molecule has 16 heavy (non-hydrogen) atoms. The van der Waals surface area contributed by atoms with Crippen LogP contribution >= 0.6 is 0 Å². The Morgan fingerprint density at radius 3 is 2.50 bits per heavy atom. The molecular formula is C11H20N2O3. The number of carbonyl (C=O) groups excluding carboxylic acids is 1. The Morgan fingerprint density at radius 2 is 1.94 bits per heavy atom. The number of amides is 2. The molecule has 2 saturated heterocycles. The van der Waals surface area contributed by atoms with Gasteiger partial charge in [-0.05, 0) is 13.3 Å². The first-order valence-electron chi connectivity index (χ1n) is 6.06. The van der Waals surface area contributed by atoms with Gasteiger partial charge < -0.3 is 19.7 Å². The van der Waals surface area contributed by atoms with Crippen molar-refractivity contribution < 1.29 is 14.3 Å². The third-order valence-corrected chi connectivity index (χ3v) is 3.16. The highest BCUT2D eigenvalue weighted by Crippen LogP contribution is 2.30. The lowest BCUT2D eigenvalue weighted by atomic mass is 10.0. The lowest BCUT2D eigenvalue weighted by Gasteiger charge is -2.43. The summed E-state index contributed by atoms with van der Waals surface area (Å²) < 4.78 is 11.4. The van der Waals surface area contributed by atoms with Crippen LogP contribution in [0.15, 0.2) is 0 Å². The van der Waals surface area contributed by atoms with Gasteiger partial charge in [0, 0.05) is 32.5 Å². The molecule has 1 N–H and O–H groups in total. The van der Waals surface area contributed by atoms with Crippen molar-refractivity contribution >= 4 is 6.03 Å². The lowest BCUT2D eigenvalue weighted by Crippen LogP contribution is -2.53. The highest BCUT2D eigenvalue weighted by molar-refractivity contribution is 5.74. The van der Waals surface area contributed by atoms with Crippen molar-refractivity contribution in [1.29, 1.82) is 0 Å². The predicted octanol–water partition coefficient (Wildman–Crippen LogP) is 0.945. The molecule has 2 aliphatic heterocycles. The molecule has 0 aromatic rings. The van der Waals surface area contributed by atoms with Gasteiger partial charge in [-0.25, -0.2) is 4.79 Å². The third-order valence-electron chi connectivity index (χ3n) is 3.16. The van der Waals surface area contributed by atoms with E-state index in [0.717, 1.165) is 32.5 Å².